The molecule has 3 unspecified atom stereocenters. The highest BCUT2D eigenvalue weighted by atomic mass is 32.2. The van der Waals surface area contributed by atoms with Gasteiger partial charge in [-0.3, -0.25) is 4.79 Å². The maximum atomic E-state index is 13.7. The Morgan fingerprint density at radius 1 is 1.03 bits per heavy atom. The van der Waals surface area contributed by atoms with Crippen molar-refractivity contribution in [3.63, 3.8) is 0 Å². The first kappa shape index (κ1) is 49.2. The van der Waals surface area contributed by atoms with E-state index < -0.39 is 66.5 Å². The molecule has 0 bridgehead atoms. The average Bonchev–Trinajstić information content (AvgIpc) is 3.88. The Labute approximate surface area is 372 Å². The third kappa shape index (κ3) is 10.9. The molecule has 3 saturated carbocycles. The molecule has 1 aromatic rings. The molecule has 1 saturated heterocycles. The van der Waals surface area contributed by atoms with Crippen LogP contribution in [0.3, 0.4) is 0 Å². The minimum Gasteiger partial charge on any atom is -0.417 e. The van der Waals surface area contributed by atoms with Crippen molar-refractivity contribution in [2.24, 2.45) is 57.8 Å². The van der Waals surface area contributed by atoms with Crippen molar-refractivity contribution in [2.45, 2.75) is 172 Å². The van der Waals surface area contributed by atoms with Crippen molar-refractivity contribution in [1.82, 2.24) is 20.2 Å². The van der Waals surface area contributed by atoms with E-state index in [9.17, 15) is 35.1 Å². The number of hydrogen-bond donors (Lipinski definition) is 9. The van der Waals surface area contributed by atoms with Gasteiger partial charge >= 0.3 is 6.09 Å². The number of aliphatic hydroxyl groups is 5. The van der Waals surface area contributed by atoms with Crippen LogP contribution >= 0.6 is 11.8 Å². The number of nitrogens with one attached hydrogen (secondary N) is 2. The molecule has 6 rings (SSSR count). The van der Waals surface area contributed by atoms with Crippen LogP contribution in [0.25, 0.3) is 0 Å². The first-order valence-electron chi connectivity index (χ1n) is 23.5. The zero-order valence-corrected chi connectivity index (χ0v) is 38.6. The summed E-state index contributed by atoms with van der Waals surface area (Å²) in [5.74, 6) is 2.43. The molecule has 1 aliphatic heterocycles. The number of carbonyl (C=O) groups excluding carboxylic acids is 2. The van der Waals surface area contributed by atoms with Gasteiger partial charge in [-0.2, -0.15) is 0 Å². The third-order valence-electron chi connectivity index (χ3n) is 16.0. The van der Waals surface area contributed by atoms with Gasteiger partial charge in [0.2, 0.25) is 11.7 Å². The van der Waals surface area contributed by atoms with E-state index in [1.165, 1.54) is 61.7 Å². The number of amides is 2. The lowest BCUT2D eigenvalue weighted by Gasteiger charge is -2.59. The van der Waals surface area contributed by atoms with Gasteiger partial charge in [-0.1, -0.05) is 65.5 Å². The topological polar surface area (TPSA) is 250 Å². The van der Waals surface area contributed by atoms with Gasteiger partial charge in [0.05, 0.1) is 25.1 Å². The van der Waals surface area contributed by atoms with Crippen LogP contribution in [0, 0.1) is 46.3 Å². The van der Waals surface area contributed by atoms with Crippen LogP contribution in [-0.4, -0.2) is 126 Å². The van der Waals surface area contributed by atoms with E-state index in [1.807, 2.05) is 0 Å². The van der Waals surface area contributed by atoms with E-state index >= 15 is 0 Å². The summed E-state index contributed by atoms with van der Waals surface area (Å²) >= 11 is 1.05. The van der Waals surface area contributed by atoms with Gasteiger partial charge in [0.1, 0.15) is 29.9 Å². The number of nitrogens with two attached hydrogens (primary N) is 2. The van der Waals surface area contributed by atoms with Crippen molar-refractivity contribution in [3.05, 3.63) is 29.9 Å². The molecule has 352 valence electrons. The molecular weight excluding hydrogens is 813 g/mol. The highest BCUT2D eigenvalue weighted by molar-refractivity contribution is 7.99. The molecule has 15 atom stereocenters. The summed E-state index contributed by atoms with van der Waals surface area (Å²) in [6, 6.07) is -0.929. The molecule has 11 N–H and O–H groups in total. The van der Waals surface area contributed by atoms with E-state index in [-0.39, 0.29) is 30.7 Å². The maximum absolute atomic E-state index is 13.7. The number of allylic oxidation sites excluding steroid dienone is 1. The Hall–Kier alpha value is -2.28. The largest absolute Gasteiger partial charge is 0.417 e. The van der Waals surface area contributed by atoms with Gasteiger partial charge in [-0.05, 0) is 97.7 Å². The number of aromatic nitrogens is 2. The van der Waals surface area contributed by atoms with Gasteiger partial charge in [0.15, 0.2) is 0 Å². The molecule has 4 aliphatic carbocycles. The Bertz CT molecular complexity index is 1650. The van der Waals surface area contributed by atoms with Gasteiger partial charge in [-0.25, -0.2) is 9.78 Å². The molecule has 2 heterocycles. The molecule has 16 heteroatoms. The van der Waals surface area contributed by atoms with Crippen LogP contribution < -0.4 is 16.8 Å². The summed E-state index contributed by atoms with van der Waals surface area (Å²) in [6.07, 6.45) is 11.2. The highest BCUT2D eigenvalue weighted by Gasteiger charge is 2.60. The second-order valence-corrected chi connectivity index (χ2v) is 21.6. The number of fused-ring (bicyclic) bond motifs is 5. The minimum absolute atomic E-state index is 0.00431. The standard InChI is InChI=1S/C46H78N6O9S/c1-27(2)9-8-10-28(3)32-13-14-33-31-12-11-29-22-46(59,18-17-44(29,4)34(31)15-16-45(32,33)5)61-43(58)50-19-6-7-20-52(41(57)35(47)21-30-23-49-26-51-30)37(48)25-62-42-40(56)39(55)38(54)36(24-53)60-42/h11,23,26-28,31-40,42,53-56,59H,6-10,12-22,24-25,47-48H2,1-5H3,(H,49,51)(H,50,58)/t28-,31+,32-,33+,34+,35+,36-,37?,38+,39+,40-,42?,44+,45-,46?/m1/s1. The van der Waals surface area contributed by atoms with E-state index in [4.69, 9.17) is 20.9 Å². The molecule has 5 aliphatic rings. The normalized spacial score (nSPS) is 37.0. The lowest BCUT2D eigenvalue weighted by molar-refractivity contribution is -0.205. The number of nitrogens with zero attached hydrogens (tertiary/aromatic N) is 2. The first-order valence-corrected chi connectivity index (χ1v) is 24.6. The summed E-state index contributed by atoms with van der Waals surface area (Å²) in [5, 5.41) is 55.0. The van der Waals surface area contributed by atoms with Crippen LogP contribution in [0.5, 0.6) is 0 Å². The van der Waals surface area contributed by atoms with Gasteiger partial charge < -0.3 is 61.7 Å². The van der Waals surface area contributed by atoms with Crippen LogP contribution in [0.2, 0.25) is 0 Å². The summed E-state index contributed by atoms with van der Waals surface area (Å²) in [4.78, 5) is 35.2. The smallest absolute Gasteiger partial charge is 0.409 e. The zero-order valence-electron chi connectivity index (χ0n) is 37.8. The average molecular weight is 891 g/mol. The molecule has 0 aromatic carbocycles. The maximum Gasteiger partial charge on any atom is 0.409 e. The number of thioether (sulfide) groups is 1. The molecule has 1 aromatic heterocycles. The lowest BCUT2D eigenvalue weighted by Crippen LogP contribution is -2.58. The lowest BCUT2D eigenvalue weighted by atomic mass is 9.46. The Kier molecular flexibility index (Phi) is 16.6. The second-order valence-electron chi connectivity index (χ2n) is 20.5. The van der Waals surface area contributed by atoms with Crippen molar-refractivity contribution in [3.8, 4) is 0 Å². The minimum atomic E-state index is -1.57. The molecule has 62 heavy (non-hydrogen) atoms. The SMILES string of the molecule is CC(C)CCC[C@@H](C)[C@H]1CC[C@H]2[C@@H]3CC=C4CC(O)(OC(=O)NCCCCN(C(=O)[C@@H](N)Cc5cnc[nH]5)C(N)CSC5O[C@H](CO)[C@H](O)[C@H](O)[C@H]5O)CC[C@]4(C)[C@H]3CC[C@]12C. The number of aliphatic hydroxyl groups excluding tert-OH is 4. The molecule has 4 fully saturated rings. The van der Waals surface area contributed by atoms with Crippen LogP contribution in [0.4, 0.5) is 4.79 Å². The Morgan fingerprint density at radius 2 is 1.81 bits per heavy atom. The Morgan fingerprint density at radius 3 is 2.52 bits per heavy atom. The summed E-state index contributed by atoms with van der Waals surface area (Å²) in [5.41, 5.74) is 14.2. The van der Waals surface area contributed by atoms with E-state index in [0.717, 1.165) is 48.3 Å². The Balaban J connectivity index is 0.986. The van der Waals surface area contributed by atoms with Crippen molar-refractivity contribution in [2.75, 3.05) is 25.4 Å². The zero-order chi connectivity index (χ0) is 45.0. The summed E-state index contributed by atoms with van der Waals surface area (Å²) < 4.78 is 11.4. The van der Waals surface area contributed by atoms with Crippen molar-refractivity contribution in [1.29, 1.82) is 0 Å². The second kappa shape index (κ2) is 20.9. The molecule has 15 nitrogen and oxygen atoms in total. The van der Waals surface area contributed by atoms with Crippen LogP contribution in [-0.2, 0) is 20.7 Å². The van der Waals surface area contributed by atoms with E-state index in [0.29, 0.717) is 48.6 Å². The fourth-order valence-electron chi connectivity index (χ4n) is 12.4. The molecular formula is C46H78N6O9S. The number of hydrogen-bond acceptors (Lipinski definition) is 13. The number of carbonyl (C=O) groups is 2. The van der Waals surface area contributed by atoms with Gasteiger partial charge in [0.25, 0.3) is 0 Å². The number of ether oxygens (including phenoxy) is 2. The third-order valence-corrected chi connectivity index (χ3v) is 17.2. The summed E-state index contributed by atoms with van der Waals surface area (Å²) in [7, 11) is 0. The number of H-pyrrole nitrogens is 1. The number of alkyl carbamates (subject to hydrolysis) is 1. The van der Waals surface area contributed by atoms with Gasteiger partial charge in [0, 0.05) is 50.0 Å². The number of imidazole rings is 1. The predicted molar refractivity (Wildman–Crippen MR) is 238 cm³/mol. The number of aromatic amines is 1. The highest BCUT2D eigenvalue weighted by Crippen LogP contribution is 2.68. The quantitative estimate of drug-likeness (QED) is 0.0539. The van der Waals surface area contributed by atoms with Crippen LogP contribution in [0.15, 0.2) is 24.2 Å². The molecule has 0 spiro atoms. The first-order chi connectivity index (χ1) is 29.4. The monoisotopic (exact) mass is 891 g/mol. The molecule has 2 amide bonds. The van der Waals surface area contributed by atoms with Crippen LogP contribution in [0.1, 0.15) is 124 Å². The van der Waals surface area contributed by atoms with Crippen molar-refractivity contribution >= 4 is 23.8 Å². The number of unbranched alkanes of at least 4 members (excludes halogenated alkanes) is 1. The predicted octanol–water partition coefficient (Wildman–Crippen LogP) is 4.16. The van der Waals surface area contributed by atoms with Crippen molar-refractivity contribution < 1.29 is 44.6 Å². The van der Waals surface area contributed by atoms with E-state index in [1.54, 1.807) is 6.20 Å². The van der Waals surface area contributed by atoms with Gasteiger partial charge in [-0.15, -0.1) is 11.8 Å². The fraction of sp³-hybridized carbons (Fsp3) is 0.848. The molecule has 0 radical (unpaired) electrons. The number of rotatable bonds is 19. The fourth-order valence-corrected chi connectivity index (χ4v) is 13.5. The summed E-state index contributed by atoms with van der Waals surface area (Å²) in [6.45, 7) is 12.1. The van der Waals surface area contributed by atoms with E-state index in [2.05, 4.69) is 56.0 Å².